The van der Waals surface area contributed by atoms with Crippen molar-refractivity contribution in [1.82, 2.24) is 0 Å². The van der Waals surface area contributed by atoms with Gasteiger partial charge in [-0.2, -0.15) is 0 Å². The molecule has 0 amide bonds. The molecule has 1 aromatic carbocycles. The minimum absolute atomic E-state index is 0.516. The van der Waals surface area contributed by atoms with Crippen LogP contribution in [-0.4, -0.2) is 11.1 Å². The Morgan fingerprint density at radius 2 is 2.14 bits per heavy atom. The van der Waals surface area contributed by atoms with Crippen LogP contribution in [0.25, 0.3) is 0 Å². The second-order valence-electron chi connectivity index (χ2n) is 4.68. The van der Waals surface area contributed by atoms with Crippen LogP contribution in [0, 0.1) is 0 Å². The predicted octanol–water partition coefficient (Wildman–Crippen LogP) is 2.27. The Morgan fingerprint density at radius 1 is 1.43 bits per heavy atom. The van der Waals surface area contributed by atoms with E-state index < -0.39 is 5.60 Å². The summed E-state index contributed by atoms with van der Waals surface area (Å²) in [7, 11) is 0. The van der Waals surface area contributed by atoms with Crippen LogP contribution >= 0.6 is 0 Å². The Hall–Kier alpha value is -1.02. The Kier molecular flexibility index (Phi) is 2.04. The maximum absolute atomic E-state index is 9.87. The molecule has 0 radical (unpaired) electrons. The molecule has 1 heterocycles. The van der Waals surface area contributed by atoms with E-state index in [1.807, 2.05) is 19.9 Å². The van der Waals surface area contributed by atoms with Gasteiger partial charge in [0.25, 0.3) is 0 Å². The maximum Gasteiger partial charge on any atom is 0.0840 e. The Labute approximate surface area is 85.0 Å². The van der Waals surface area contributed by atoms with Gasteiger partial charge >= 0.3 is 0 Å². The lowest BCUT2D eigenvalue weighted by Crippen LogP contribution is -2.15. The number of hydrogen-bond donors (Lipinski definition) is 2. The van der Waals surface area contributed by atoms with Crippen LogP contribution < -0.4 is 5.32 Å². The molecule has 0 spiro atoms. The minimum atomic E-state index is -0.735. The van der Waals surface area contributed by atoms with Crippen LogP contribution in [-0.2, 0) is 12.0 Å². The number of nitrogens with one attached hydrogen (secondary N) is 1. The van der Waals surface area contributed by atoms with E-state index in [1.54, 1.807) is 0 Å². The fraction of sp³-hybridized carbons (Fsp3) is 0.500. The van der Waals surface area contributed by atoms with Crippen molar-refractivity contribution in [1.29, 1.82) is 0 Å². The van der Waals surface area contributed by atoms with Gasteiger partial charge in [-0.3, -0.25) is 0 Å². The number of aliphatic hydroxyl groups is 1. The molecule has 1 atom stereocenters. The molecule has 2 nitrogen and oxygen atoms in total. The van der Waals surface area contributed by atoms with Crippen molar-refractivity contribution in [3.8, 4) is 0 Å². The van der Waals surface area contributed by atoms with Crippen molar-refractivity contribution in [2.45, 2.75) is 38.8 Å². The molecule has 2 N–H and O–H groups in total. The van der Waals surface area contributed by atoms with Crippen molar-refractivity contribution in [3.05, 3.63) is 29.3 Å². The van der Waals surface area contributed by atoms with Gasteiger partial charge in [-0.05, 0) is 44.4 Å². The van der Waals surface area contributed by atoms with Gasteiger partial charge < -0.3 is 10.4 Å². The van der Waals surface area contributed by atoms with Crippen LogP contribution in [0.4, 0.5) is 5.69 Å². The van der Waals surface area contributed by atoms with Crippen molar-refractivity contribution in [2.24, 2.45) is 0 Å². The molecule has 1 aromatic rings. The zero-order valence-electron chi connectivity index (χ0n) is 8.96. The van der Waals surface area contributed by atoms with Gasteiger partial charge in [0.05, 0.1) is 5.60 Å². The minimum Gasteiger partial charge on any atom is -0.386 e. The molecule has 2 rings (SSSR count). The summed E-state index contributed by atoms with van der Waals surface area (Å²) in [4.78, 5) is 0. The van der Waals surface area contributed by atoms with E-state index in [4.69, 9.17) is 0 Å². The van der Waals surface area contributed by atoms with Crippen LogP contribution in [0.1, 0.15) is 31.9 Å². The van der Waals surface area contributed by atoms with E-state index in [9.17, 15) is 5.11 Å². The largest absolute Gasteiger partial charge is 0.386 e. The molecule has 0 aliphatic carbocycles. The first-order valence-corrected chi connectivity index (χ1v) is 5.09. The number of benzene rings is 1. The molecule has 0 bridgehead atoms. The predicted molar refractivity (Wildman–Crippen MR) is 58.5 cm³/mol. The highest BCUT2D eigenvalue weighted by Gasteiger charge is 2.21. The van der Waals surface area contributed by atoms with Crippen LogP contribution in [0.15, 0.2) is 18.2 Å². The third-order valence-corrected chi connectivity index (χ3v) is 2.74. The maximum atomic E-state index is 9.87. The third-order valence-electron chi connectivity index (χ3n) is 2.74. The quantitative estimate of drug-likeness (QED) is 0.713. The SMILES string of the molecule is CC1Cc2cc(C(C)(C)O)ccc2N1. The van der Waals surface area contributed by atoms with Gasteiger partial charge in [-0.1, -0.05) is 12.1 Å². The first-order valence-electron chi connectivity index (χ1n) is 5.09. The van der Waals surface area contributed by atoms with Crippen molar-refractivity contribution in [3.63, 3.8) is 0 Å². The van der Waals surface area contributed by atoms with Crippen LogP contribution in [0.3, 0.4) is 0 Å². The summed E-state index contributed by atoms with van der Waals surface area (Å²) in [5.74, 6) is 0. The topological polar surface area (TPSA) is 32.3 Å². The van der Waals surface area contributed by atoms with E-state index >= 15 is 0 Å². The van der Waals surface area contributed by atoms with Gasteiger partial charge in [-0.25, -0.2) is 0 Å². The zero-order chi connectivity index (χ0) is 10.3. The highest BCUT2D eigenvalue weighted by Crippen LogP contribution is 2.30. The molecule has 1 aliphatic heterocycles. The van der Waals surface area contributed by atoms with E-state index in [0.29, 0.717) is 6.04 Å². The first-order chi connectivity index (χ1) is 6.47. The third kappa shape index (κ3) is 1.62. The Balaban J connectivity index is 2.38. The highest BCUT2D eigenvalue weighted by atomic mass is 16.3. The molecular weight excluding hydrogens is 174 g/mol. The molecule has 76 valence electrons. The smallest absolute Gasteiger partial charge is 0.0840 e. The lowest BCUT2D eigenvalue weighted by molar-refractivity contribution is 0.0785. The molecule has 0 saturated carbocycles. The first kappa shape index (κ1) is 9.53. The number of anilines is 1. The van der Waals surface area contributed by atoms with E-state index in [2.05, 4.69) is 24.4 Å². The summed E-state index contributed by atoms with van der Waals surface area (Å²) in [6.45, 7) is 5.81. The summed E-state index contributed by atoms with van der Waals surface area (Å²) in [5, 5.41) is 13.3. The molecule has 2 heteroatoms. The molecule has 1 unspecified atom stereocenters. The summed E-state index contributed by atoms with van der Waals surface area (Å²) in [6, 6.07) is 6.67. The van der Waals surface area contributed by atoms with Crippen molar-refractivity contribution in [2.75, 3.05) is 5.32 Å². The van der Waals surface area contributed by atoms with Gasteiger partial charge in [0.1, 0.15) is 0 Å². The standard InChI is InChI=1S/C12H17NO/c1-8-6-9-7-10(12(2,3)14)4-5-11(9)13-8/h4-5,7-8,13-14H,6H2,1-3H3. The normalized spacial score (nSPS) is 20.4. The Bertz CT molecular complexity index is 352. The van der Waals surface area contributed by atoms with Gasteiger partial charge in [0, 0.05) is 11.7 Å². The monoisotopic (exact) mass is 191 g/mol. The number of fused-ring (bicyclic) bond motifs is 1. The molecule has 1 aliphatic rings. The number of hydrogen-bond acceptors (Lipinski definition) is 2. The van der Waals surface area contributed by atoms with Crippen LogP contribution in [0.5, 0.6) is 0 Å². The van der Waals surface area contributed by atoms with E-state index in [1.165, 1.54) is 11.3 Å². The molecule has 0 saturated heterocycles. The van der Waals surface area contributed by atoms with Gasteiger partial charge in [0.2, 0.25) is 0 Å². The van der Waals surface area contributed by atoms with Crippen molar-refractivity contribution < 1.29 is 5.11 Å². The molecule has 14 heavy (non-hydrogen) atoms. The zero-order valence-corrected chi connectivity index (χ0v) is 8.96. The average Bonchev–Trinajstić information content (AvgIpc) is 2.41. The van der Waals surface area contributed by atoms with Crippen molar-refractivity contribution >= 4 is 5.69 Å². The second-order valence-corrected chi connectivity index (χ2v) is 4.68. The number of rotatable bonds is 1. The lowest BCUT2D eigenvalue weighted by Gasteiger charge is -2.18. The average molecular weight is 191 g/mol. The highest BCUT2D eigenvalue weighted by molar-refractivity contribution is 5.58. The van der Waals surface area contributed by atoms with Gasteiger partial charge in [-0.15, -0.1) is 0 Å². The fourth-order valence-electron chi connectivity index (χ4n) is 1.93. The molecular formula is C12H17NO. The summed E-state index contributed by atoms with van der Waals surface area (Å²) >= 11 is 0. The van der Waals surface area contributed by atoms with Crippen LogP contribution in [0.2, 0.25) is 0 Å². The Morgan fingerprint density at radius 3 is 2.79 bits per heavy atom. The second kappa shape index (κ2) is 2.99. The lowest BCUT2D eigenvalue weighted by atomic mass is 9.95. The summed E-state index contributed by atoms with van der Waals surface area (Å²) in [5.41, 5.74) is 2.79. The van der Waals surface area contributed by atoms with E-state index in [-0.39, 0.29) is 0 Å². The molecule has 0 aromatic heterocycles. The van der Waals surface area contributed by atoms with Gasteiger partial charge in [0.15, 0.2) is 0 Å². The summed E-state index contributed by atoms with van der Waals surface area (Å²) in [6.07, 6.45) is 1.05. The summed E-state index contributed by atoms with van der Waals surface area (Å²) < 4.78 is 0. The fourth-order valence-corrected chi connectivity index (χ4v) is 1.93. The molecule has 0 fully saturated rings. The van der Waals surface area contributed by atoms with E-state index in [0.717, 1.165) is 12.0 Å².